The Morgan fingerprint density at radius 3 is 2.74 bits per heavy atom. The number of aromatic hydroxyl groups is 1. The number of ether oxygens (including phenoxy) is 3. The van der Waals surface area contributed by atoms with E-state index in [1.165, 1.54) is 13.2 Å². The number of methoxy groups -OCH3 is 1. The van der Waals surface area contributed by atoms with Crippen molar-refractivity contribution in [1.29, 1.82) is 0 Å². The van der Waals surface area contributed by atoms with E-state index in [0.717, 1.165) is 0 Å². The van der Waals surface area contributed by atoms with Crippen molar-refractivity contribution >= 4 is 23.7 Å². The Kier molecular flexibility index (Phi) is 6.82. The Labute approximate surface area is 175 Å². The SMILES string of the molecule is COc1cc(/C=C/c2nc(O)c([N+](=O)[O-])c(=O)[nH]2)ccc1OCC(=O)N1CCOCC1. The van der Waals surface area contributed by atoms with E-state index in [2.05, 4.69) is 9.97 Å². The van der Waals surface area contributed by atoms with Gasteiger partial charge in [0.15, 0.2) is 18.1 Å². The van der Waals surface area contributed by atoms with Gasteiger partial charge in [-0.15, -0.1) is 0 Å². The van der Waals surface area contributed by atoms with E-state index in [0.29, 0.717) is 43.4 Å². The second-order valence-corrected chi connectivity index (χ2v) is 6.41. The summed E-state index contributed by atoms with van der Waals surface area (Å²) in [6.07, 6.45) is 2.91. The Bertz CT molecular complexity index is 1060. The second-order valence-electron chi connectivity index (χ2n) is 6.41. The summed E-state index contributed by atoms with van der Waals surface area (Å²) >= 11 is 0. The number of H-pyrrole nitrogens is 1. The number of aromatic amines is 1. The molecule has 1 saturated heterocycles. The molecule has 1 fully saturated rings. The van der Waals surface area contributed by atoms with Crippen LogP contribution in [0.4, 0.5) is 5.69 Å². The molecule has 2 heterocycles. The zero-order valence-corrected chi connectivity index (χ0v) is 16.6. The van der Waals surface area contributed by atoms with Gasteiger partial charge in [0.25, 0.3) is 11.8 Å². The van der Waals surface area contributed by atoms with Crippen LogP contribution in [0, 0.1) is 10.1 Å². The van der Waals surface area contributed by atoms with Crippen molar-refractivity contribution in [1.82, 2.24) is 14.9 Å². The van der Waals surface area contributed by atoms with Crippen LogP contribution in [0.25, 0.3) is 12.2 Å². The molecule has 0 unspecified atom stereocenters. The zero-order chi connectivity index (χ0) is 22.4. The summed E-state index contributed by atoms with van der Waals surface area (Å²) in [5.41, 5.74) is -1.46. The van der Waals surface area contributed by atoms with Gasteiger partial charge in [-0.25, -0.2) is 0 Å². The quantitative estimate of drug-likeness (QED) is 0.477. The number of carbonyl (C=O) groups excluding carboxylic acids is 1. The lowest BCUT2D eigenvalue weighted by molar-refractivity contribution is -0.387. The maximum atomic E-state index is 12.2. The fourth-order valence-corrected chi connectivity index (χ4v) is 2.84. The number of aromatic nitrogens is 2. The van der Waals surface area contributed by atoms with Crippen LogP contribution in [0.3, 0.4) is 0 Å². The topological polar surface area (TPSA) is 157 Å². The van der Waals surface area contributed by atoms with Gasteiger partial charge in [0, 0.05) is 13.1 Å². The van der Waals surface area contributed by atoms with E-state index in [4.69, 9.17) is 14.2 Å². The smallest absolute Gasteiger partial charge is 0.395 e. The summed E-state index contributed by atoms with van der Waals surface area (Å²) in [5.74, 6) is -0.434. The molecule has 1 aliphatic heterocycles. The lowest BCUT2D eigenvalue weighted by Gasteiger charge is -2.26. The molecule has 31 heavy (non-hydrogen) atoms. The molecular weight excluding hydrogens is 412 g/mol. The molecule has 0 atom stereocenters. The summed E-state index contributed by atoms with van der Waals surface area (Å²) in [6, 6.07) is 4.93. The highest BCUT2D eigenvalue weighted by Gasteiger charge is 2.21. The molecule has 0 aliphatic carbocycles. The maximum Gasteiger partial charge on any atom is 0.395 e. The highest BCUT2D eigenvalue weighted by Crippen LogP contribution is 2.29. The summed E-state index contributed by atoms with van der Waals surface area (Å²) in [6.45, 7) is 1.92. The van der Waals surface area contributed by atoms with Crippen molar-refractivity contribution in [2.75, 3.05) is 40.0 Å². The average molecular weight is 432 g/mol. The largest absolute Gasteiger partial charge is 0.493 e. The van der Waals surface area contributed by atoms with Gasteiger partial charge in [0.2, 0.25) is 0 Å². The van der Waals surface area contributed by atoms with Gasteiger partial charge in [-0.1, -0.05) is 12.1 Å². The van der Waals surface area contributed by atoms with Gasteiger partial charge in [0.1, 0.15) is 5.82 Å². The molecule has 1 aliphatic rings. The van der Waals surface area contributed by atoms with Gasteiger partial charge >= 0.3 is 11.2 Å². The molecule has 12 heteroatoms. The molecule has 0 saturated carbocycles. The number of hydrogen-bond acceptors (Lipinski definition) is 9. The number of nitrogens with zero attached hydrogens (tertiary/aromatic N) is 3. The molecule has 0 bridgehead atoms. The molecule has 3 rings (SSSR count). The van der Waals surface area contributed by atoms with Gasteiger partial charge in [-0.05, 0) is 23.8 Å². The molecule has 2 aromatic rings. The molecule has 0 radical (unpaired) electrons. The van der Waals surface area contributed by atoms with Crippen LogP contribution in [-0.2, 0) is 9.53 Å². The summed E-state index contributed by atoms with van der Waals surface area (Å²) in [7, 11) is 1.45. The second kappa shape index (κ2) is 9.71. The molecule has 1 aromatic carbocycles. The summed E-state index contributed by atoms with van der Waals surface area (Å²) < 4.78 is 16.1. The minimum Gasteiger partial charge on any atom is -0.493 e. The van der Waals surface area contributed by atoms with E-state index < -0.39 is 22.0 Å². The van der Waals surface area contributed by atoms with Crippen molar-refractivity contribution in [2.45, 2.75) is 0 Å². The van der Waals surface area contributed by atoms with Crippen LogP contribution >= 0.6 is 0 Å². The first-order valence-electron chi connectivity index (χ1n) is 9.21. The number of carbonyl (C=O) groups is 1. The number of morpholine rings is 1. The van der Waals surface area contributed by atoms with Crippen LogP contribution in [-0.4, -0.2) is 70.8 Å². The van der Waals surface area contributed by atoms with Crippen molar-refractivity contribution < 1.29 is 29.0 Å². The molecule has 1 amide bonds. The van der Waals surface area contributed by atoms with Crippen LogP contribution in [0.1, 0.15) is 11.4 Å². The van der Waals surface area contributed by atoms with Crippen LogP contribution in [0.2, 0.25) is 0 Å². The van der Waals surface area contributed by atoms with Gasteiger partial charge in [-0.3, -0.25) is 19.7 Å². The summed E-state index contributed by atoms with van der Waals surface area (Å²) in [4.78, 5) is 41.1. The van der Waals surface area contributed by atoms with E-state index in [-0.39, 0.29) is 18.3 Å². The average Bonchev–Trinajstić information content (AvgIpc) is 2.76. The van der Waals surface area contributed by atoms with E-state index in [9.17, 15) is 24.8 Å². The van der Waals surface area contributed by atoms with Crippen LogP contribution in [0.15, 0.2) is 23.0 Å². The third-order valence-corrected chi connectivity index (χ3v) is 4.41. The third kappa shape index (κ3) is 5.36. The van der Waals surface area contributed by atoms with Crippen molar-refractivity contribution in [3.8, 4) is 17.4 Å². The number of amides is 1. The number of nitrogens with one attached hydrogen (secondary N) is 1. The Morgan fingerprint density at radius 2 is 2.10 bits per heavy atom. The highest BCUT2D eigenvalue weighted by molar-refractivity contribution is 5.78. The Morgan fingerprint density at radius 1 is 1.35 bits per heavy atom. The minimum absolute atomic E-state index is 0.0662. The Balaban J connectivity index is 1.70. The van der Waals surface area contributed by atoms with Crippen LogP contribution < -0.4 is 15.0 Å². The van der Waals surface area contributed by atoms with E-state index in [1.807, 2.05) is 0 Å². The molecule has 2 N–H and O–H groups in total. The maximum absolute atomic E-state index is 12.2. The molecule has 1 aromatic heterocycles. The highest BCUT2D eigenvalue weighted by atomic mass is 16.6. The first-order valence-corrected chi connectivity index (χ1v) is 9.21. The summed E-state index contributed by atoms with van der Waals surface area (Å²) in [5, 5.41) is 20.3. The standard InChI is InChI=1S/C19H20N4O8/c1-29-14-10-12(3-5-15-20-18(25)17(23(27)28)19(26)21-15)2-4-13(14)31-11-16(24)22-6-8-30-9-7-22/h2-5,10H,6-9,11H2,1H3,(H2,20,21,25,26)/b5-3+. The lowest BCUT2D eigenvalue weighted by atomic mass is 10.2. The normalized spacial score (nSPS) is 13.9. The minimum atomic E-state index is -1.07. The first-order chi connectivity index (χ1) is 14.9. The third-order valence-electron chi connectivity index (χ3n) is 4.41. The number of rotatable bonds is 7. The molecular formula is C19H20N4O8. The fourth-order valence-electron chi connectivity index (χ4n) is 2.84. The lowest BCUT2D eigenvalue weighted by Crippen LogP contribution is -2.43. The monoisotopic (exact) mass is 432 g/mol. The van der Waals surface area contributed by atoms with Gasteiger partial charge in [-0.2, -0.15) is 4.98 Å². The van der Waals surface area contributed by atoms with Crippen molar-refractivity contribution in [3.05, 3.63) is 50.1 Å². The molecule has 0 spiro atoms. The molecule has 12 nitrogen and oxygen atoms in total. The number of nitro groups is 1. The molecule has 164 valence electrons. The first kappa shape index (κ1) is 21.8. The number of hydrogen-bond donors (Lipinski definition) is 2. The van der Waals surface area contributed by atoms with Crippen molar-refractivity contribution in [2.24, 2.45) is 0 Å². The van der Waals surface area contributed by atoms with Crippen molar-refractivity contribution in [3.63, 3.8) is 0 Å². The predicted molar refractivity (Wildman–Crippen MR) is 108 cm³/mol. The van der Waals surface area contributed by atoms with Gasteiger partial charge in [0.05, 0.1) is 25.2 Å². The van der Waals surface area contributed by atoms with Gasteiger partial charge < -0.3 is 29.2 Å². The number of benzene rings is 1. The van der Waals surface area contributed by atoms with E-state index >= 15 is 0 Å². The fraction of sp³-hybridized carbons (Fsp3) is 0.316. The van der Waals surface area contributed by atoms with Crippen LogP contribution in [0.5, 0.6) is 17.4 Å². The van der Waals surface area contributed by atoms with E-state index in [1.54, 1.807) is 29.2 Å². The zero-order valence-electron chi connectivity index (χ0n) is 16.6. The Hall–Kier alpha value is -3.93. The predicted octanol–water partition coefficient (Wildman–Crippen LogP) is 0.800.